The van der Waals surface area contributed by atoms with Crippen LogP contribution in [0, 0.1) is 22.7 Å². The number of nitrogens with zero attached hydrogens (tertiary/aromatic N) is 2. The van der Waals surface area contributed by atoms with E-state index in [4.69, 9.17) is 0 Å². The number of hydrogen-bond acceptors (Lipinski definition) is 2. The van der Waals surface area contributed by atoms with Gasteiger partial charge in [-0.05, 0) is 68.5 Å². The van der Waals surface area contributed by atoms with E-state index in [1.807, 2.05) is 0 Å². The SMILES string of the molecule is CN1CC(CN2CCC3(CC2)CC(C(C)(C)C)C3)C1. The molecular formula is C17H32N2. The molecule has 19 heavy (non-hydrogen) atoms. The topological polar surface area (TPSA) is 6.48 Å². The minimum atomic E-state index is 0.541. The largest absolute Gasteiger partial charge is 0.306 e. The molecular weight excluding hydrogens is 232 g/mol. The molecule has 0 aromatic carbocycles. The minimum absolute atomic E-state index is 0.541. The highest BCUT2D eigenvalue weighted by molar-refractivity contribution is 5.00. The molecule has 3 aliphatic rings. The van der Waals surface area contributed by atoms with Crippen molar-refractivity contribution in [2.45, 2.75) is 46.5 Å². The van der Waals surface area contributed by atoms with Gasteiger partial charge in [-0.15, -0.1) is 0 Å². The van der Waals surface area contributed by atoms with Crippen molar-refractivity contribution in [1.29, 1.82) is 0 Å². The predicted octanol–water partition coefficient (Wildman–Crippen LogP) is 3.09. The Morgan fingerprint density at radius 3 is 2.11 bits per heavy atom. The van der Waals surface area contributed by atoms with Crippen LogP contribution in [0.5, 0.6) is 0 Å². The fraction of sp³-hybridized carbons (Fsp3) is 1.00. The lowest BCUT2D eigenvalue weighted by Crippen LogP contribution is -2.54. The monoisotopic (exact) mass is 264 g/mol. The fourth-order valence-electron chi connectivity index (χ4n) is 4.52. The summed E-state index contributed by atoms with van der Waals surface area (Å²) in [4.78, 5) is 5.18. The molecule has 0 N–H and O–H groups in total. The zero-order valence-corrected chi connectivity index (χ0v) is 13.4. The average molecular weight is 264 g/mol. The summed E-state index contributed by atoms with van der Waals surface area (Å²) in [7, 11) is 2.24. The molecule has 3 fully saturated rings. The van der Waals surface area contributed by atoms with Gasteiger partial charge in [-0.25, -0.2) is 0 Å². The molecule has 2 aliphatic heterocycles. The molecule has 0 unspecified atom stereocenters. The highest BCUT2D eigenvalue weighted by Gasteiger charge is 2.49. The Morgan fingerprint density at radius 2 is 1.63 bits per heavy atom. The van der Waals surface area contributed by atoms with Crippen molar-refractivity contribution >= 4 is 0 Å². The lowest BCUT2D eigenvalue weighted by molar-refractivity contribution is -0.0615. The van der Waals surface area contributed by atoms with E-state index in [1.54, 1.807) is 0 Å². The van der Waals surface area contributed by atoms with E-state index >= 15 is 0 Å². The molecule has 0 atom stereocenters. The molecule has 0 aromatic heterocycles. The summed E-state index contributed by atoms with van der Waals surface area (Å²) in [5.41, 5.74) is 1.30. The van der Waals surface area contributed by atoms with Crippen LogP contribution in [0.4, 0.5) is 0 Å². The van der Waals surface area contributed by atoms with Crippen molar-refractivity contribution in [3.05, 3.63) is 0 Å². The van der Waals surface area contributed by atoms with Gasteiger partial charge in [0.25, 0.3) is 0 Å². The van der Waals surface area contributed by atoms with E-state index < -0.39 is 0 Å². The first kappa shape index (κ1) is 13.9. The van der Waals surface area contributed by atoms with Crippen LogP contribution < -0.4 is 0 Å². The second-order valence-electron chi connectivity index (χ2n) is 8.86. The molecule has 3 rings (SSSR count). The minimum Gasteiger partial charge on any atom is -0.306 e. The van der Waals surface area contributed by atoms with Crippen LogP contribution in [0.2, 0.25) is 0 Å². The molecule has 0 radical (unpaired) electrons. The third-order valence-electron chi connectivity index (χ3n) is 6.16. The van der Waals surface area contributed by atoms with Crippen molar-refractivity contribution in [2.75, 3.05) is 39.8 Å². The Bertz CT molecular complexity index is 309. The van der Waals surface area contributed by atoms with Crippen LogP contribution in [0.15, 0.2) is 0 Å². The molecule has 2 saturated heterocycles. The van der Waals surface area contributed by atoms with Gasteiger partial charge in [0.2, 0.25) is 0 Å². The average Bonchev–Trinajstić information content (AvgIpc) is 2.23. The normalized spacial score (nSPS) is 30.3. The van der Waals surface area contributed by atoms with E-state index in [2.05, 4.69) is 37.6 Å². The summed E-state index contributed by atoms with van der Waals surface area (Å²) in [6, 6.07) is 0. The van der Waals surface area contributed by atoms with Crippen molar-refractivity contribution in [3.8, 4) is 0 Å². The first-order chi connectivity index (χ1) is 8.86. The van der Waals surface area contributed by atoms with Gasteiger partial charge in [0, 0.05) is 19.6 Å². The Hall–Kier alpha value is -0.0800. The Balaban J connectivity index is 1.41. The van der Waals surface area contributed by atoms with Crippen molar-refractivity contribution < 1.29 is 0 Å². The third-order valence-corrected chi connectivity index (χ3v) is 6.16. The first-order valence-electron chi connectivity index (χ1n) is 8.27. The van der Waals surface area contributed by atoms with E-state index in [9.17, 15) is 0 Å². The number of piperidine rings is 1. The first-order valence-corrected chi connectivity index (χ1v) is 8.27. The van der Waals surface area contributed by atoms with Gasteiger partial charge in [-0.1, -0.05) is 20.8 Å². The molecule has 0 amide bonds. The van der Waals surface area contributed by atoms with Crippen LogP contribution in [0.25, 0.3) is 0 Å². The fourth-order valence-corrected chi connectivity index (χ4v) is 4.52. The molecule has 2 heterocycles. The number of likely N-dealkylation sites (tertiary alicyclic amines) is 2. The highest BCUT2D eigenvalue weighted by atomic mass is 15.2. The van der Waals surface area contributed by atoms with Gasteiger partial charge in [0.05, 0.1) is 0 Å². The Morgan fingerprint density at radius 1 is 1.05 bits per heavy atom. The van der Waals surface area contributed by atoms with E-state index in [1.165, 1.54) is 58.4 Å². The summed E-state index contributed by atoms with van der Waals surface area (Å²) in [5, 5.41) is 0. The zero-order valence-electron chi connectivity index (χ0n) is 13.4. The van der Waals surface area contributed by atoms with Crippen LogP contribution in [0.1, 0.15) is 46.5 Å². The van der Waals surface area contributed by atoms with Gasteiger partial charge in [0.1, 0.15) is 0 Å². The number of hydrogen-bond donors (Lipinski definition) is 0. The number of rotatable bonds is 2. The van der Waals surface area contributed by atoms with Crippen LogP contribution in [-0.2, 0) is 0 Å². The molecule has 0 bridgehead atoms. The standard InChI is InChI=1S/C17H32N2/c1-16(2,3)15-9-17(10-15)5-7-19(8-6-17)13-14-11-18(4)12-14/h14-15H,5-13H2,1-4H3. The summed E-state index contributed by atoms with van der Waals surface area (Å²) in [6.07, 6.45) is 5.97. The molecule has 2 heteroatoms. The summed E-state index contributed by atoms with van der Waals surface area (Å²) in [5.74, 6) is 1.95. The summed E-state index contributed by atoms with van der Waals surface area (Å²) >= 11 is 0. The third kappa shape index (κ3) is 2.85. The summed E-state index contributed by atoms with van der Waals surface area (Å²) < 4.78 is 0. The van der Waals surface area contributed by atoms with Gasteiger partial charge >= 0.3 is 0 Å². The van der Waals surface area contributed by atoms with Crippen molar-refractivity contribution in [1.82, 2.24) is 9.80 Å². The molecule has 1 saturated carbocycles. The second kappa shape index (κ2) is 4.73. The van der Waals surface area contributed by atoms with Gasteiger partial charge in [-0.3, -0.25) is 0 Å². The molecule has 110 valence electrons. The van der Waals surface area contributed by atoms with E-state index in [0.29, 0.717) is 5.41 Å². The van der Waals surface area contributed by atoms with Gasteiger partial charge in [-0.2, -0.15) is 0 Å². The van der Waals surface area contributed by atoms with Crippen molar-refractivity contribution in [2.24, 2.45) is 22.7 Å². The molecule has 1 aliphatic carbocycles. The summed E-state index contributed by atoms with van der Waals surface area (Å²) in [6.45, 7) is 14.0. The maximum Gasteiger partial charge on any atom is 0.00342 e. The van der Waals surface area contributed by atoms with Crippen LogP contribution >= 0.6 is 0 Å². The van der Waals surface area contributed by atoms with Crippen molar-refractivity contribution in [3.63, 3.8) is 0 Å². The van der Waals surface area contributed by atoms with E-state index in [0.717, 1.165) is 17.3 Å². The van der Waals surface area contributed by atoms with Crippen LogP contribution in [-0.4, -0.2) is 49.6 Å². The quantitative estimate of drug-likeness (QED) is 0.756. The Kier molecular flexibility index (Phi) is 3.46. The smallest absolute Gasteiger partial charge is 0.00342 e. The molecule has 0 aromatic rings. The second-order valence-corrected chi connectivity index (χ2v) is 8.86. The van der Waals surface area contributed by atoms with Gasteiger partial charge < -0.3 is 9.80 Å². The maximum absolute atomic E-state index is 2.74. The van der Waals surface area contributed by atoms with Gasteiger partial charge in [0.15, 0.2) is 0 Å². The van der Waals surface area contributed by atoms with Crippen LogP contribution in [0.3, 0.4) is 0 Å². The lowest BCUT2D eigenvalue weighted by Gasteiger charge is -2.56. The molecule has 2 nitrogen and oxygen atoms in total. The predicted molar refractivity (Wildman–Crippen MR) is 81.3 cm³/mol. The maximum atomic E-state index is 2.74. The Labute approximate surface area is 119 Å². The lowest BCUT2D eigenvalue weighted by atomic mass is 9.52. The van der Waals surface area contributed by atoms with E-state index in [-0.39, 0.29) is 0 Å². The molecule has 1 spiro atoms. The zero-order chi connectivity index (χ0) is 13.7. The highest BCUT2D eigenvalue weighted by Crippen LogP contribution is 2.57.